The summed E-state index contributed by atoms with van der Waals surface area (Å²) in [5, 5.41) is 14.5. The number of nitro benzene ring substituents is 1. The molecule has 7 nitrogen and oxygen atoms in total. The van der Waals surface area contributed by atoms with Crippen molar-refractivity contribution in [2.45, 2.75) is 31.2 Å². The molecule has 138 valence electrons. The van der Waals surface area contributed by atoms with E-state index in [0.29, 0.717) is 25.3 Å². The summed E-state index contributed by atoms with van der Waals surface area (Å²) < 4.78 is 26.6. The average molecular weight is 375 g/mol. The van der Waals surface area contributed by atoms with Crippen molar-refractivity contribution in [3.63, 3.8) is 0 Å². The molecule has 3 rings (SSSR count). The molecular weight excluding hydrogens is 354 g/mol. The molecular formula is C18H21N3O4S. The monoisotopic (exact) mass is 375 g/mol. The number of nitro groups is 1. The van der Waals surface area contributed by atoms with Crippen LogP contribution in [0.5, 0.6) is 0 Å². The third-order valence-electron chi connectivity index (χ3n) is 4.60. The third kappa shape index (κ3) is 3.71. The second-order valence-electron chi connectivity index (χ2n) is 6.33. The molecule has 0 aromatic heterocycles. The Morgan fingerprint density at radius 1 is 1.15 bits per heavy atom. The van der Waals surface area contributed by atoms with Crippen LogP contribution >= 0.6 is 0 Å². The summed E-state index contributed by atoms with van der Waals surface area (Å²) in [6.07, 6.45) is 1.63. The molecule has 1 N–H and O–H groups in total. The van der Waals surface area contributed by atoms with Gasteiger partial charge in [0.25, 0.3) is 5.69 Å². The van der Waals surface area contributed by atoms with Crippen LogP contribution < -0.4 is 5.32 Å². The number of benzene rings is 2. The van der Waals surface area contributed by atoms with Gasteiger partial charge in [0.1, 0.15) is 5.69 Å². The van der Waals surface area contributed by atoms with Crippen LogP contribution in [-0.4, -0.2) is 30.7 Å². The first-order valence-electron chi connectivity index (χ1n) is 8.46. The molecule has 1 fully saturated rings. The molecule has 0 radical (unpaired) electrons. The van der Waals surface area contributed by atoms with Crippen molar-refractivity contribution >= 4 is 21.4 Å². The highest BCUT2D eigenvalue weighted by molar-refractivity contribution is 7.89. The van der Waals surface area contributed by atoms with Crippen LogP contribution in [0.1, 0.15) is 24.0 Å². The Morgan fingerprint density at radius 3 is 2.50 bits per heavy atom. The van der Waals surface area contributed by atoms with Crippen LogP contribution in [0.3, 0.4) is 0 Å². The number of aryl methyl sites for hydroxylation is 1. The lowest BCUT2D eigenvalue weighted by atomic mass is 10.1. The highest BCUT2D eigenvalue weighted by Gasteiger charge is 2.29. The number of sulfonamides is 1. The summed E-state index contributed by atoms with van der Waals surface area (Å²) in [4.78, 5) is 10.9. The van der Waals surface area contributed by atoms with E-state index in [2.05, 4.69) is 5.32 Å². The van der Waals surface area contributed by atoms with Crippen LogP contribution in [-0.2, 0) is 16.6 Å². The third-order valence-corrected chi connectivity index (χ3v) is 6.49. The van der Waals surface area contributed by atoms with E-state index in [4.69, 9.17) is 0 Å². The van der Waals surface area contributed by atoms with E-state index < -0.39 is 14.9 Å². The first-order chi connectivity index (χ1) is 12.4. The summed E-state index contributed by atoms with van der Waals surface area (Å²) in [6, 6.07) is 11.8. The molecule has 1 aliphatic rings. The van der Waals surface area contributed by atoms with E-state index in [1.807, 2.05) is 31.2 Å². The Bertz CT molecular complexity index is 922. The molecule has 0 saturated carbocycles. The zero-order chi connectivity index (χ0) is 18.7. The Morgan fingerprint density at radius 2 is 1.85 bits per heavy atom. The quantitative estimate of drug-likeness (QED) is 0.618. The summed E-state index contributed by atoms with van der Waals surface area (Å²) in [5.41, 5.74) is 2.17. The summed E-state index contributed by atoms with van der Waals surface area (Å²) in [5.74, 6) is 0. The van der Waals surface area contributed by atoms with Crippen molar-refractivity contribution in [2.24, 2.45) is 0 Å². The van der Waals surface area contributed by atoms with Crippen LogP contribution in [0, 0.1) is 17.0 Å². The van der Waals surface area contributed by atoms with Crippen LogP contribution in [0.4, 0.5) is 11.4 Å². The normalized spacial score (nSPS) is 15.1. The van der Waals surface area contributed by atoms with Crippen LogP contribution in [0.15, 0.2) is 47.4 Å². The molecule has 0 amide bonds. The number of rotatable bonds is 6. The van der Waals surface area contributed by atoms with Gasteiger partial charge in [0.2, 0.25) is 10.0 Å². The fraction of sp³-hybridized carbons (Fsp3) is 0.333. The molecule has 2 aromatic rings. The Kier molecular flexibility index (Phi) is 5.24. The van der Waals surface area contributed by atoms with Gasteiger partial charge in [-0.2, -0.15) is 4.31 Å². The van der Waals surface area contributed by atoms with E-state index in [1.165, 1.54) is 16.4 Å². The van der Waals surface area contributed by atoms with Gasteiger partial charge in [-0.1, -0.05) is 24.3 Å². The number of anilines is 1. The second-order valence-corrected chi connectivity index (χ2v) is 8.27. The molecule has 1 aliphatic heterocycles. The van der Waals surface area contributed by atoms with Gasteiger partial charge < -0.3 is 5.32 Å². The van der Waals surface area contributed by atoms with Crippen LogP contribution in [0.25, 0.3) is 0 Å². The molecule has 1 saturated heterocycles. The molecule has 2 aromatic carbocycles. The van der Waals surface area contributed by atoms with Crippen molar-refractivity contribution in [3.05, 3.63) is 63.7 Å². The standard InChI is InChI=1S/C18H21N3O4S/c1-14-6-2-3-7-15(14)13-19-17-9-8-16(12-18(17)21(22)23)26(24,25)20-10-4-5-11-20/h2-3,6-9,12,19H,4-5,10-11,13H2,1H3. The molecule has 0 aliphatic carbocycles. The van der Waals surface area contributed by atoms with Crippen LogP contribution in [0.2, 0.25) is 0 Å². The Balaban J connectivity index is 1.88. The predicted octanol–water partition coefficient (Wildman–Crippen LogP) is 3.30. The van der Waals surface area contributed by atoms with E-state index in [1.54, 1.807) is 0 Å². The number of nitrogens with zero attached hydrogens (tertiary/aromatic N) is 2. The zero-order valence-electron chi connectivity index (χ0n) is 14.5. The van der Waals surface area contributed by atoms with Crippen molar-refractivity contribution in [3.8, 4) is 0 Å². The molecule has 0 atom stereocenters. The van der Waals surface area contributed by atoms with Gasteiger partial charge in [0.15, 0.2) is 0 Å². The van der Waals surface area contributed by atoms with Gasteiger partial charge in [-0.05, 0) is 43.0 Å². The van der Waals surface area contributed by atoms with E-state index in [9.17, 15) is 18.5 Å². The molecule has 1 heterocycles. The lowest BCUT2D eigenvalue weighted by Crippen LogP contribution is -2.27. The lowest BCUT2D eigenvalue weighted by molar-refractivity contribution is -0.384. The zero-order valence-corrected chi connectivity index (χ0v) is 15.3. The predicted molar refractivity (Wildman–Crippen MR) is 99.6 cm³/mol. The smallest absolute Gasteiger partial charge is 0.293 e. The maximum Gasteiger partial charge on any atom is 0.293 e. The topological polar surface area (TPSA) is 92.6 Å². The Labute approximate surface area is 152 Å². The van der Waals surface area contributed by atoms with E-state index in [0.717, 1.165) is 30.0 Å². The minimum Gasteiger partial charge on any atom is -0.375 e. The van der Waals surface area contributed by atoms with Gasteiger partial charge in [-0.25, -0.2) is 8.42 Å². The molecule has 8 heteroatoms. The highest BCUT2D eigenvalue weighted by atomic mass is 32.2. The van der Waals surface area contributed by atoms with Crippen molar-refractivity contribution in [1.82, 2.24) is 4.31 Å². The Hall–Kier alpha value is -2.45. The maximum atomic E-state index is 12.6. The lowest BCUT2D eigenvalue weighted by Gasteiger charge is -2.16. The molecule has 0 spiro atoms. The van der Waals surface area contributed by atoms with Gasteiger partial charge in [0.05, 0.1) is 9.82 Å². The number of hydrogen-bond acceptors (Lipinski definition) is 5. The van der Waals surface area contributed by atoms with E-state index >= 15 is 0 Å². The fourth-order valence-electron chi connectivity index (χ4n) is 3.05. The summed E-state index contributed by atoms with van der Waals surface area (Å²) in [6.45, 7) is 3.32. The first-order valence-corrected chi connectivity index (χ1v) is 9.90. The fourth-order valence-corrected chi connectivity index (χ4v) is 4.59. The number of nitrogens with one attached hydrogen (secondary N) is 1. The SMILES string of the molecule is Cc1ccccc1CNc1ccc(S(=O)(=O)N2CCCC2)cc1[N+](=O)[O-]. The van der Waals surface area contributed by atoms with E-state index in [-0.39, 0.29) is 10.6 Å². The first kappa shape index (κ1) is 18.3. The molecule has 26 heavy (non-hydrogen) atoms. The second kappa shape index (κ2) is 7.43. The number of hydrogen-bond donors (Lipinski definition) is 1. The highest BCUT2D eigenvalue weighted by Crippen LogP contribution is 2.30. The largest absolute Gasteiger partial charge is 0.375 e. The molecule has 0 unspecified atom stereocenters. The minimum atomic E-state index is -3.68. The van der Waals surface area contributed by atoms with Crippen molar-refractivity contribution in [1.29, 1.82) is 0 Å². The summed E-state index contributed by atoms with van der Waals surface area (Å²) >= 11 is 0. The average Bonchev–Trinajstić information content (AvgIpc) is 3.16. The minimum absolute atomic E-state index is 0.0347. The van der Waals surface area contributed by atoms with Gasteiger partial charge >= 0.3 is 0 Å². The summed E-state index contributed by atoms with van der Waals surface area (Å²) in [7, 11) is -3.68. The maximum absolute atomic E-state index is 12.6. The van der Waals surface area contributed by atoms with Crippen molar-refractivity contribution in [2.75, 3.05) is 18.4 Å². The molecule has 0 bridgehead atoms. The van der Waals surface area contributed by atoms with Gasteiger partial charge in [-0.15, -0.1) is 0 Å². The van der Waals surface area contributed by atoms with Gasteiger partial charge in [0, 0.05) is 25.7 Å². The van der Waals surface area contributed by atoms with Gasteiger partial charge in [-0.3, -0.25) is 10.1 Å². The van der Waals surface area contributed by atoms with Crippen molar-refractivity contribution < 1.29 is 13.3 Å².